The van der Waals surface area contributed by atoms with Crippen LogP contribution in [0.15, 0.2) is 46.9 Å². The lowest BCUT2D eigenvalue weighted by atomic mass is 10.1. The summed E-state index contributed by atoms with van der Waals surface area (Å²) in [5.74, 6) is 0.783. The van der Waals surface area contributed by atoms with Crippen molar-refractivity contribution >= 4 is 5.97 Å². The molecule has 0 saturated heterocycles. The van der Waals surface area contributed by atoms with E-state index in [0.717, 1.165) is 16.7 Å². The predicted octanol–water partition coefficient (Wildman–Crippen LogP) is 4.28. The molecule has 1 aromatic heterocycles. The van der Waals surface area contributed by atoms with E-state index in [0.29, 0.717) is 17.2 Å². The van der Waals surface area contributed by atoms with E-state index in [4.69, 9.17) is 13.9 Å². The van der Waals surface area contributed by atoms with Gasteiger partial charge in [-0.1, -0.05) is 23.8 Å². The number of aromatic nitrogens is 2. The molecule has 6 nitrogen and oxygen atoms in total. The van der Waals surface area contributed by atoms with Gasteiger partial charge in [0.1, 0.15) is 5.75 Å². The van der Waals surface area contributed by atoms with Crippen molar-refractivity contribution in [1.29, 1.82) is 0 Å². The third kappa shape index (κ3) is 3.74. The van der Waals surface area contributed by atoms with E-state index >= 15 is 0 Å². The fourth-order valence-corrected chi connectivity index (χ4v) is 2.44. The number of ether oxygens (including phenoxy) is 2. The van der Waals surface area contributed by atoms with Crippen LogP contribution in [0.2, 0.25) is 0 Å². The van der Waals surface area contributed by atoms with Gasteiger partial charge in [-0.15, -0.1) is 10.2 Å². The molecule has 0 aliphatic heterocycles. The number of hydrogen-bond acceptors (Lipinski definition) is 6. The van der Waals surface area contributed by atoms with E-state index in [1.54, 1.807) is 26.2 Å². The number of carbonyl (C=O) groups is 1. The Morgan fingerprint density at radius 1 is 1.08 bits per heavy atom. The van der Waals surface area contributed by atoms with Crippen LogP contribution >= 0.6 is 0 Å². The highest BCUT2D eigenvalue weighted by atomic mass is 16.6. The first-order valence-electron chi connectivity index (χ1n) is 8.24. The smallest absolute Gasteiger partial charge is 0.339 e. The van der Waals surface area contributed by atoms with E-state index in [-0.39, 0.29) is 5.89 Å². The Morgan fingerprint density at radius 3 is 2.50 bits per heavy atom. The van der Waals surface area contributed by atoms with Crippen molar-refractivity contribution in [2.45, 2.75) is 26.9 Å². The molecule has 3 aromatic rings. The maximum absolute atomic E-state index is 12.4. The fraction of sp³-hybridized carbons (Fsp3) is 0.250. The van der Waals surface area contributed by atoms with Crippen molar-refractivity contribution in [3.63, 3.8) is 0 Å². The Balaban J connectivity index is 1.73. The number of hydrogen-bond donors (Lipinski definition) is 0. The maximum atomic E-state index is 12.4. The second-order valence-electron chi connectivity index (χ2n) is 6.04. The van der Waals surface area contributed by atoms with Crippen LogP contribution in [0.25, 0.3) is 11.5 Å². The average molecular weight is 352 g/mol. The van der Waals surface area contributed by atoms with Gasteiger partial charge in [0.25, 0.3) is 5.89 Å². The van der Waals surface area contributed by atoms with Gasteiger partial charge in [0, 0.05) is 5.56 Å². The minimum Gasteiger partial charge on any atom is -0.496 e. The lowest BCUT2D eigenvalue weighted by Crippen LogP contribution is -2.10. The van der Waals surface area contributed by atoms with Crippen molar-refractivity contribution in [2.24, 2.45) is 0 Å². The molecule has 0 radical (unpaired) electrons. The first kappa shape index (κ1) is 17.7. The second kappa shape index (κ2) is 7.39. The van der Waals surface area contributed by atoms with Gasteiger partial charge in [-0.05, 0) is 50.6 Å². The number of aryl methyl sites for hydroxylation is 2. The summed E-state index contributed by atoms with van der Waals surface area (Å²) >= 11 is 0. The molecule has 0 spiro atoms. The highest BCUT2D eigenvalue weighted by Gasteiger charge is 2.20. The molecule has 3 rings (SSSR count). The van der Waals surface area contributed by atoms with Crippen molar-refractivity contribution in [1.82, 2.24) is 10.2 Å². The molecule has 1 heterocycles. The Labute approximate surface area is 151 Å². The van der Waals surface area contributed by atoms with Crippen LogP contribution in [0.3, 0.4) is 0 Å². The van der Waals surface area contributed by atoms with Crippen molar-refractivity contribution in [3.05, 3.63) is 65.0 Å². The van der Waals surface area contributed by atoms with Crippen LogP contribution in [-0.4, -0.2) is 23.3 Å². The number of methoxy groups -OCH3 is 1. The lowest BCUT2D eigenvalue weighted by Gasteiger charge is -2.11. The molecule has 0 aliphatic rings. The van der Waals surface area contributed by atoms with Gasteiger partial charge in [-0.25, -0.2) is 4.79 Å². The standard InChI is InChI=1S/C20H20N2O4/c1-12-5-8-15(9-6-12)19-22-21-18(26-19)14(3)25-20(23)16-10-7-13(2)17(11-16)24-4/h5-11,14H,1-4H3. The zero-order valence-electron chi connectivity index (χ0n) is 15.1. The van der Waals surface area contributed by atoms with Crippen molar-refractivity contribution in [2.75, 3.05) is 7.11 Å². The summed E-state index contributed by atoms with van der Waals surface area (Å²) in [5, 5.41) is 8.02. The van der Waals surface area contributed by atoms with Crippen LogP contribution < -0.4 is 4.74 Å². The molecule has 0 N–H and O–H groups in total. The quantitative estimate of drug-likeness (QED) is 0.638. The van der Waals surface area contributed by atoms with Crippen LogP contribution in [0.5, 0.6) is 5.75 Å². The normalized spacial score (nSPS) is 11.8. The number of rotatable bonds is 5. The largest absolute Gasteiger partial charge is 0.496 e. The van der Waals surface area contributed by atoms with Gasteiger partial charge >= 0.3 is 5.97 Å². The van der Waals surface area contributed by atoms with Gasteiger partial charge in [0.2, 0.25) is 5.89 Å². The zero-order chi connectivity index (χ0) is 18.7. The molecule has 2 aromatic carbocycles. The molecule has 0 amide bonds. The molecule has 0 saturated carbocycles. The second-order valence-corrected chi connectivity index (χ2v) is 6.04. The number of esters is 1. The first-order valence-corrected chi connectivity index (χ1v) is 8.24. The average Bonchev–Trinajstić information content (AvgIpc) is 3.13. The van der Waals surface area contributed by atoms with Gasteiger partial charge in [0.05, 0.1) is 12.7 Å². The third-order valence-corrected chi connectivity index (χ3v) is 4.01. The lowest BCUT2D eigenvalue weighted by molar-refractivity contribution is 0.0279. The summed E-state index contributed by atoms with van der Waals surface area (Å²) in [4.78, 5) is 12.4. The Kier molecular flexibility index (Phi) is 5.02. The summed E-state index contributed by atoms with van der Waals surface area (Å²) in [6.07, 6.45) is -0.665. The highest BCUT2D eigenvalue weighted by molar-refractivity contribution is 5.90. The molecule has 1 unspecified atom stereocenters. The number of benzene rings is 2. The van der Waals surface area contributed by atoms with Crippen LogP contribution in [0.1, 0.15) is 40.4 Å². The Bertz CT molecular complexity index is 916. The molecule has 0 bridgehead atoms. The minimum absolute atomic E-state index is 0.244. The van der Waals surface area contributed by atoms with E-state index in [1.807, 2.05) is 44.2 Å². The Morgan fingerprint density at radius 2 is 1.81 bits per heavy atom. The summed E-state index contributed by atoms with van der Waals surface area (Å²) in [6.45, 7) is 5.60. The molecule has 6 heteroatoms. The minimum atomic E-state index is -0.665. The molecule has 0 fully saturated rings. The molecule has 1 atom stereocenters. The van der Waals surface area contributed by atoms with E-state index in [2.05, 4.69) is 10.2 Å². The summed E-state index contributed by atoms with van der Waals surface area (Å²) in [7, 11) is 1.56. The van der Waals surface area contributed by atoms with Crippen LogP contribution in [0.4, 0.5) is 0 Å². The van der Waals surface area contributed by atoms with Crippen LogP contribution in [-0.2, 0) is 4.74 Å². The van der Waals surface area contributed by atoms with E-state index in [1.165, 1.54) is 0 Å². The Hall–Kier alpha value is -3.15. The molecular formula is C20H20N2O4. The molecule has 134 valence electrons. The molecular weight excluding hydrogens is 332 g/mol. The zero-order valence-corrected chi connectivity index (χ0v) is 15.1. The highest BCUT2D eigenvalue weighted by Crippen LogP contribution is 2.25. The van der Waals surface area contributed by atoms with Gasteiger partial charge in [-0.3, -0.25) is 0 Å². The first-order chi connectivity index (χ1) is 12.5. The van der Waals surface area contributed by atoms with E-state index < -0.39 is 12.1 Å². The van der Waals surface area contributed by atoms with Gasteiger partial charge in [-0.2, -0.15) is 0 Å². The topological polar surface area (TPSA) is 74.5 Å². The summed E-state index contributed by atoms with van der Waals surface area (Å²) in [6, 6.07) is 12.9. The van der Waals surface area contributed by atoms with E-state index in [9.17, 15) is 4.79 Å². The van der Waals surface area contributed by atoms with Crippen molar-refractivity contribution < 1.29 is 18.7 Å². The summed E-state index contributed by atoms with van der Waals surface area (Å²) in [5.41, 5.74) is 3.30. The molecule has 26 heavy (non-hydrogen) atoms. The number of carbonyl (C=O) groups excluding carboxylic acids is 1. The van der Waals surface area contributed by atoms with Crippen LogP contribution in [0, 0.1) is 13.8 Å². The third-order valence-electron chi connectivity index (χ3n) is 4.01. The summed E-state index contributed by atoms with van der Waals surface area (Å²) < 4.78 is 16.3. The van der Waals surface area contributed by atoms with Gasteiger partial charge < -0.3 is 13.9 Å². The maximum Gasteiger partial charge on any atom is 0.339 e. The van der Waals surface area contributed by atoms with Crippen molar-refractivity contribution in [3.8, 4) is 17.2 Å². The fourth-order valence-electron chi connectivity index (χ4n) is 2.44. The molecule has 0 aliphatic carbocycles. The number of nitrogens with zero attached hydrogens (tertiary/aromatic N) is 2. The SMILES string of the molecule is COc1cc(C(=O)OC(C)c2nnc(-c3ccc(C)cc3)o2)ccc1C. The van der Waals surface area contributed by atoms with Gasteiger partial charge in [0.15, 0.2) is 6.10 Å². The predicted molar refractivity (Wildman–Crippen MR) is 96.0 cm³/mol. The monoisotopic (exact) mass is 352 g/mol.